The molecule has 0 aliphatic rings. The zero-order chi connectivity index (χ0) is 14.5. The van der Waals surface area contributed by atoms with E-state index in [1.54, 1.807) is 17.8 Å². The van der Waals surface area contributed by atoms with Gasteiger partial charge in [0.15, 0.2) is 0 Å². The summed E-state index contributed by atoms with van der Waals surface area (Å²) < 4.78 is 13.1. The SMILES string of the molecule is Cc1ccccc1CSCc1ccc(F)cc1C(=O)O. The third-order valence-electron chi connectivity index (χ3n) is 3.08. The zero-order valence-electron chi connectivity index (χ0n) is 11.1. The molecule has 1 N–H and O–H groups in total. The summed E-state index contributed by atoms with van der Waals surface area (Å²) in [6.07, 6.45) is 0. The number of aromatic carboxylic acids is 1. The van der Waals surface area contributed by atoms with Crippen molar-refractivity contribution in [1.82, 2.24) is 0 Å². The fourth-order valence-corrected chi connectivity index (χ4v) is 3.03. The van der Waals surface area contributed by atoms with Crippen LogP contribution in [0.25, 0.3) is 0 Å². The maximum Gasteiger partial charge on any atom is 0.336 e. The second-order valence-corrected chi connectivity index (χ2v) is 5.51. The summed E-state index contributed by atoms with van der Waals surface area (Å²) in [5.41, 5.74) is 3.15. The van der Waals surface area contributed by atoms with Crippen LogP contribution in [0.15, 0.2) is 42.5 Å². The van der Waals surface area contributed by atoms with Crippen molar-refractivity contribution in [1.29, 1.82) is 0 Å². The first-order valence-corrected chi connectivity index (χ1v) is 7.37. The van der Waals surface area contributed by atoms with Crippen LogP contribution in [0.4, 0.5) is 4.39 Å². The molecule has 2 rings (SSSR count). The number of benzene rings is 2. The predicted molar refractivity (Wildman–Crippen MR) is 79.5 cm³/mol. The molecule has 0 spiro atoms. The zero-order valence-corrected chi connectivity index (χ0v) is 11.9. The molecule has 2 aromatic rings. The Kier molecular flexibility index (Phi) is 4.79. The van der Waals surface area contributed by atoms with Crippen LogP contribution in [0, 0.1) is 12.7 Å². The summed E-state index contributed by atoms with van der Waals surface area (Å²) >= 11 is 1.63. The van der Waals surface area contributed by atoms with Gasteiger partial charge in [-0.2, -0.15) is 11.8 Å². The van der Waals surface area contributed by atoms with E-state index >= 15 is 0 Å². The van der Waals surface area contributed by atoms with Gasteiger partial charge in [-0.05, 0) is 35.7 Å². The Bertz CT molecular complexity index is 626. The molecule has 0 heterocycles. The van der Waals surface area contributed by atoms with E-state index in [4.69, 9.17) is 5.11 Å². The number of hydrogen-bond donors (Lipinski definition) is 1. The van der Waals surface area contributed by atoms with Crippen molar-refractivity contribution in [3.05, 3.63) is 70.5 Å². The van der Waals surface area contributed by atoms with Gasteiger partial charge in [0.25, 0.3) is 0 Å². The van der Waals surface area contributed by atoms with E-state index < -0.39 is 11.8 Å². The van der Waals surface area contributed by atoms with Crippen molar-refractivity contribution in [3.8, 4) is 0 Å². The normalized spacial score (nSPS) is 10.5. The van der Waals surface area contributed by atoms with Crippen LogP contribution in [0.2, 0.25) is 0 Å². The topological polar surface area (TPSA) is 37.3 Å². The lowest BCUT2D eigenvalue weighted by atomic mass is 10.1. The van der Waals surface area contributed by atoms with Crippen molar-refractivity contribution in [2.75, 3.05) is 0 Å². The largest absolute Gasteiger partial charge is 0.478 e. The number of carboxylic acid groups (broad SMARTS) is 1. The highest BCUT2D eigenvalue weighted by molar-refractivity contribution is 7.97. The summed E-state index contributed by atoms with van der Waals surface area (Å²) in [4.78, 5) is 11.1. The summed E-state index contributed by atoms with van der Waals surface area (Å²) in [6.45, 7) is 2.05. The molecule has 2 aromatic carbocycles. The number of carboxylic acids is 1. The highest BCUT2D eigenvalue weighted by Gasteiger charge is 2.11. The smallest absolute Gasteiger partial charge is 0.336 e. The molecule has 2 nitrogen and oxygen atoms in total. The Morgan fingerprint density at radius 1 is 1.15 bits per heavy atom. The monoisotopic (exact) mass is 290 g/mol. The summed E-state index contributed by atoms with van der Waals surface area (Å²) in [5, 5.41) is 9.07. The number of hydrogen-bond acceptors (Lipinski definition) is 2. The van der Waals surface area contributed by atoms with Gasteiger partial charge in [0.05, 0.1) is 5.56 Å². The molecule has 0 aliphatic heterocycles. The number of halogens is 1. The van der Waals surface area contributed by atoms with Crippen LogP contribution in [0.5, 0.6) is 0 Å². The second-order valence-electron chi connectivity index (χ2n) is 4.53. The van der Waals surface area contributed by atoms with Gasteiger partial charge < -0.3 is 5.11 Å². The average molecular weight is 290 g/mol. The minimum atomic E-state index is -1.09. The molecule has 4 heteroatoms. The summed E-state index contributed by atoms with van der Waals surface area (Å²) in [5.74, 6) is -0.245. The minimum Gasteiger partial charge on any atom is -0.478 e. The number of aryl methyl sites for hydroxylation is 1. The van der Waals surface area contributed by atoms with E-state index in [9.17, 15) is 9.18 Å². The highest BCUT2D eigenvalue weighted by Crippen LogP contribution is 2.22. The molecule has 0 aromatic heterocycles. The van der Waals surface area contributed by atoms with E-state index in [0.29, 0.717) is 11.3 Å². The Balaban J connectivity index is 2.05. The third-order valence-corrected chi connectivity index (χ3v) is 4.11. The van der Waals surface area contributed by atoms with Crippen LogP contribution < -0.4 is 0 Å². The lowest BCUT2D eigenvalue weighted by Crippen LogP contribution is -2.02. The third kappa shape index (κ3) is 3.61. The predicted octanol–water partition coefficient (Wildman–Crippen LogP) is 4.27. The lowest BCUT2D eigenvalue weighted by molar-refractivity contribution is 0.0695. The molecule has 0 amide bonds. The lowest BCUT2D eigenvalue weighted by Gasteiger charge is -2.08. The van der Waals surface area contributed by atoms with E-state index in [1.807, 2.05) is 12.1 Å². The van der Waals surface area contributed by atoms with E-state index in [0.717, 1.165) is 11.8 Å². The summed E-state index contributed by atoms with van der Waals surface area (Å²) in [6, 6.07) is 12.0. The first kappa shape index (κ1) is 14.6. The van der Waals surface area contributed by atoms with Crippen molar-refractivity contribution in [2.45, 2.75) is 18.4 Å². The van der Waals surface area contributed by atoms with Crippen molar-refractivity contribution in [3.63, 3.8) is 0 Å². The number of rotatable bonds is 5. The average Bonchev–Trinajstić information content (AvgIpc) is 2.42. The molecule has 0 saturated carbocycles. The molecule has 0 bridgehead atoms. The minimum absolute atomic E-state index is 0.0438. The Labute approximate surface area is 121 Å². The molecule has 0 aliphatic carbocycles. The summed E-state index contributed by atoms with van der Waals surface area (Å²) in [7, 11) is 0. The Morgan fingerprint density at radius 3 is 2.55 bits per heavy atom. The van der Waals surface area contributed by atoms with Crippen LogP contribution in [-0.4, -0.2) is 11.1 Å². The standard InChI is InChI=1S/C16H15FO2S/c1-11-4-2-3-5-12(11)9-20-10-13-6-7-14(17)8-15(13)16(18)19/h2-8H,9-10H2,1H3,(H,18,19). The molecule has 0 radical (unpaired) electrons. The van der Waals surface area contributed by atoms with Gasteiger partial charge in [-0.1, -0.05) is 30.3 Å². The molecule has 0 saturated heterocycles. The van der Waals surface area contributed by atoms with Gasteiger partial charge in [-0.15, -0.1) is 0 Å². The number of carbonyl (C=O) groups is 1. The highest BCUT2D eigenvalue weighted by atomic mass is 32.2. The van der Waals surface area contributed by atoms with E-state index in [2.05, 4.69) is 19.1 Å². The van der Waals surface area contributed by atoms with Gasteiger partial charge in [0, 0.05) is 11.5 Å². The van der Waals surface area contributed by atoms with E-state index in [1.165, 1.54) is 17.2 Å². The molecule has 0 fully saturated rings. The van der Waals surface area contributed by atoms with Crippen LogP contribution in [-0.2, 0) is 11.5 Å². The maximum absolute atomic E-state index is 13.1. The number of thioether (sulfide) groups is 1. The molecule has 0 atom stereocenters. The van der Waals surface area contributed by atoms with Crippen molar-refractivity contribution >= 4 is 17.7 Å². The van der Waals surface area contributed by atoms with Gasteiger partial charge in [-0.3, -0.25) is 0 Å². The van der Waals surface area contributed by atoms with Crippen LogP contribution in [0.1, 0.15) is 27.0 Å². The second kappa shape index (κ2) is 6.57. The Hall–Kier alpha value is -1.81. The van der Waals surface area contributed by atoms with Crippen LogP contribution in [0.3, 0.4) is 0 Å². The molecule has 20 heavy (non-hydrogen) atoms. The molecule has 0 unspecified atom stereocenters. The van der Waals surface area contributed by atoms with Gasteiger partial charge in [0.1, 0.15) is 5.82 Å². The van der Waals surface area contributed by atoms with Crippen molar-refractivity contribution < 1.29 is 14.3 Å². The molecular weight excluding hydrogens is 275 g/mol. The maximum atomic E-state index is 13.1. The fourth-order valence-electron chi connectivity index (χ4n) is 1.92. The van der Waals surface area contributed by atoms with Gasteiger partial charge >= 0.3 is 5.97 Å². The molecule has 104 valence electrons. The van der Waals surface area contributed by atoms with Gasteiger partial charge in [-0.25, -0.2) is 9.18 Å². The first-order valence-electron chi connectivity index (χ1n) is 6.22. The first-order chi connectivity index (χ1) is 9.58. The quantitative estimate of drug-likeness (QED) is 0.893. The molecular formula is C16H15FO2S. The van der Waals surface area contributed by atoms with Crippen molar-refractivity contribution in [2.24, 2.45) is 0 Å². The van der Waals surface area contributed by atoms with E-state index in [-0.39, 0.29) is 5.56 Å². The van der Waals surface area contributed by atoms with Crippen LogP contribution >= 0.6 is 11.8 Å². The Morgan fingerprint density at radius 2 is 1.85 bits per heavy atom. The fraction of sp³-hybridized carbons (Fsp3) is 0.188. The van der Waals surface area contributed by atoms with Gasteiger partial charge in [0.2, 0.25) is 0 Å².